The van der Waals surface area contributed by atoms with E-state index in [2.05, 4.69) is 15.9 Å². The van der Waals surface area contributed by atoms with Gasteiger partial charge in [-0.25, -0.2) is 0 Å². The Morgan fingerprint density at radius 3 is 2.75 bits per heavy atom. The molecule has 0 fully saturated rings. The molecule has 0 aliphatic heterocycles. The van der Waals surface area contributed by atoms with Gasteiger partial charge in [0.15, 0.2) is 6.29 Å². The Kier molecular flexibility index (Phi) is 2.87. The summed E-state index contributed by atoms with van der Waals surface area (Å²) < 4.78 is 0.632. The van der Waals surface area contributed by atoms with Gasteiger partial charge in [0, 0.05) is 10.0 Å². The van der Waals surface area contributed by atoms with E-state index in [0.717, 1.165) is 18.3 Å². The molecule has 0 unspecified atom stereocenters. The molecule has 2 nitrogen and oxygen atoms in total. The molecule has 1 N–H and O–H groups in total. The summed E-state index contributed by atoms with van der Waals surface area (Å²) in [6, 6.07) is 3.23. The Hall–Kier alpha value is -0.830. The SMILES string of the molecule is CCc1cc(C=O)c(Br)cc1O. The standard InChI is InChI=1S/C9H9BrO2/c1-2-6-3-7(5-11)8(10)4-9(6)12/h3-5,12H,2H2,1H3. The maximum absolute atomic E-state index is 10.5. The first-order valence-corrected chi connectivity index (χ1v) is 4.45. The predicted molar refractivity (Wildman–Crippen MR) is 50.6 cm³/mol. The molecule has 0 spiro atoms. The lowest BCUT2D eigenvalue weighted by molar-refractivity contribution is 0.112. The molecule has 1 aromatic rings. The van der Waals surface area contributed by atoms with Crippen LogP contribution in [0.25, 0.3) is 0 Å². The van der Waals surface area contributed by atoms with Gasteiger partial charge in [-0.15, -0.1) is 0 Å². The average molecular weight is 229 g/mol. The van der Waals surface area contributed by atoms with Crippen LogP contribution in [0.4, 0.5) is 0 Å². The van der Waals surface area contributed by atoms with Gasteiger partial charge in [-0.3, -0.25) is 4.79 Å². The second-order valence-corrected chi connectivity index (χ2v) is 3.33. The monoisotopic (exact) mass is 228 g/mol. The van der Waals surface area contributed by atoms with Crippen molar-refractivity contribution in [1.82, 2.24) is 0 Å². The molecule has 0 heterocycles. The molecule has 0 radical (unpaired) electrons. The zero-order valence-electron chi connectivity index (χ0n) is 6.67. The number of carbonyl (C=O) groups is 1. The van der Waals surface area contributed by atoms with E-state index >= 15 is 0 Å². The molecule has 0 aliphatic rings. The highest BCUT2D eigenvalue weighted by Gasteiger charge is 2.04. The van der Waals surface area contributed by atoms with Gasteiger partial charge in [0.1, 0.15) is 5.75 Å². The summed E-state index contributed by atoms with van der Waals surface area (Å²) in [4.78, 5) is 10.5. The third kappa shape index (κ3) is 1.67. The largest absolute Gasteiger partial charge is 0.508 e. The van der Waals surface area contributed by atoms with Crippen LogP contribution in [-0.4, -0.2) is 11.4 Å². The maximum Gasteiger partial charge on any atom is 0.151 e. The van der Waals surface area contributed by atoms with Gasteiger partial charge >= 0.3 is 0 Å². The predicted octanol–water partition coefficient (Wildman–Crippen LogP) is 2.53. The van der Waals surface area contributed by atoms with E-state index in [9.17, 15) is 9.90 Å². The number of phenols is 1. The lowest BCUT2D eigenvalue weighted by atomic mass is 10.1. The number of hydrogen-bond acceptors (Lipinski definition) is 2. The highest BCUT2D eigenvalue weighted by molar-refractivity contribution is 9.10. The summed E-state index contributed by atoms with van der Waals surface area (Å²) >= 11 is 3.18. The fourth-order valence-electron chi connectivity index (χ4n) is 1.00. The van der Waals surface area contributed by atoms with Crippen molar-refractivity contribution in [2.45, 2.75) is 13.3 Å². The Bertz CT molecular complexity index is 308. The zero-order chi connectivity index (χ0) is 9.14. The quantitative estimate of drug-likeness (QED) is 0.791. The van der Waals surface area contributed by atoms with E-state index in [1.54, 1.807) is 12.1 Å². The van der Waals surface area contributed by atoms with Crippen LogP contribution < -0.4 is 0 Å². The number of aromatic hydroxyl groups is 1. The van der Waals surface area contributed by atoms with Gasteiger partial charge in [0.2, 0.25) is 0 Å². The van der Waals surface area contributed by atoms with Gasteiger partial charge < -0.3 is 5.11 Å². The molecule has 0 aliphatic carbocycles. The molecule has 0 aromatic heterocycles. The smallest absolute Gasteiger partial charge is 0.151 e. The number of carbonyl (C=O) groups excluding carboxylic acids is 1. The van der Waals surface area contributed by atoms with Crippen LogP contribution in [0.15, 0.2) is 16.6 Å². The van der Waals surface area contributed by atoms with E-state index in [4.69, 9.17) is 0 Å². The zero-order valence-corrected chi connectivity index (χ0v) is 8.26. The van der Waals surface area contributed by atoms with Gasteiger partial charge in [0.05, 0.1) is 0 Å². The number of benzene rings is 1. The molecule has 0 bridgehead atoms. The maximum atomic E-state index is 10.5. The van der Waals surface area contributed by atoms with Crippen molar-refractivity contribution < 1.29 is 9.90 Å². The number of halogens is 1. The molecular weight excluding hydrogens is 220 g/mol. The van der Waals surface area contributed by atoms with Gasteiger partial charge in [-0.2, -0.15) is 0 Å². The number of rotatable bonds is 2. The van der Waals surface area contributed by atoms with Crippen LogP contribution in [0, 0.1) is 0 Å². The van der Waals surface area contributed by atoms with E-state index in [-0.39, 0.29) is 5.75 Å². The number of phenolic OH excluding ortho intramolecular Hbond substituents is 1. The average Bonchev–Trinajstić information content (AvgIpc) is 2.05. The van der Waals surface area contributed by atoms with E-state index in [0.29, 0.717) is 10.0 Å². The third-order valence-corrected chi connectivity index (χ3v) is 2.39. The minimum absolute atomic E-state index is 0.231. The van der Waals surface area contributed by atoms with Gasteiger partial charge in [0.25, 0.3) is 0 Å². The van der Waals surface area contributed by atoms with E-state index < -0.39 is 0 Å². The molecule has 0 atom stereocenters. The van der Waals surface area contributed by atoms with E-state index in [1.165, 1.54) is 0 Å². The summed E-state index contributed by atoms with van der Waals surface area (Å²) in [6.07, 6.45) is 1.49. The highest BCUT2D eigenvalue weighted by Crippen LogP contribution is 2.25. The van der Waals surface area contributed by atoms with Crippen molar-refractivity contribution in [2.75, 3.05) is 0 Å². The van der Waals surface area contributed by atoms with Crippen molar-refractivity contribution in [3.8, 4) is 5.75 Å². The first kappa shape index (κ1) is 9.26. The lowest BCUT2D eigenvalue weighted by Crippen LogP contribution is -1.88. The fourth-order valence-corrected chi connectivity index (χ4v) is 1.42. The van der Waals surface area contributed by atoms with Crippen molar-refractivity contribution in [3.63, 3.8) is 0 Å². The second kappa shape index (κ2) is 3.72. The van der Waals surface area contributed by atoms with Crippen LogP contribution in [0.1, 0.15) is 22.8 Å². The van der Waals surface area contributed by atoms with Crippen molar-refractivity contribution >= 4 is 22.2 Å². The van der Waals surface area contributed by atoms with E-state index in [1.807, 2.05) is 6.92 Å². The first-order valence-electron chi connectivity index (χ1n) is 3.65. The topological polar surface area (TPSA) is 37.3 Å². The molecule has 3 heteroatoms. The molecule has 0 saturated carbocycles. The number of aldehydes is 1. The summed E-state index contributed by atoms with van der Waals surface area (Å²) in [7, 11) is 0. The minimum atomic E-state index is 0.231. The normalized spacial score (nSPS) is 9.83. The Balaban J connectivity index is 3.26. The minimum Gasteiger partial charge on any atom is -0.508 e. The van der Waals surface area contributed by atoms with Crippen LogP contribution in [0.5, 0.6) is 5.75 Å². The summed E-state index contributed by atoms with van der Waals surface area (Å²) in [5.74, 6) is 0.231. The molecular formula is C9H9BrO2. The summed E-state index contributed by atoms with van der Waals surface area (Å²) in [5.41, 5.74) is 1.37. The Morgan fingerprint density at radius 1 is 1.58 bits per heavy atom. The molecule has 1 rings (SSSR count). The van der Waals surface area contributed by atoms with Crippen molar-refractivity contribution in [2.24, 2.45) is 0 Å². The van der Waals surface area contributed by atoms with Crippen LogP contribution >= 0.6 is 15.9 Å². The van der Waals surface area contributed by atoms with Crippen LogP contribution in [0.2, 0.25) is 0 Å². The lowest BCUT2D eigenvalue weighted by Gasteiger charge is -2.03. The molecule has 0 saturated heterocycles. The molecule has 1 aromatic carbocycles. The number of aryl methyl sites for hydroxylation is 1. The first-order chi connectivity index (χ1) is 5.69. The Morgan fingerprint density at radius 2 is 2.25 bits per heavy atom. The highest BCUT2D eigenvalue weighted by atomic mass is 79.9. The Labute approximate surface area is 79.3 Å². The summed E-state index contributed by atoms with van der Waals surface area (Å²) in [6.45, 7) is 1.93. The second-order valence-electron chi connectivity index (χ2n) is 2.47. The van der Waals surface area contributed by atoms with Crippen molar-refractivity contribution in [3.05, 3.63) is 27.7 Å². The fraction of sp³-hybridized carbons (Fsp3) is 0.222. The molecule has 0 amide bonds. The van der Waals surface area contributed by atoms with Crippen LogP contribution in [-0.2, 0) is 6.42 Å². The van der Waals surface area contributed by atoms with Gasteiger partial charge in [-0.05, 0) is 40.0 Å². The molecule has 12 heavy (non-hydrogen) atoms. The van der Waals surface area contributed by atoms with Crippen LogP contribution in [0.3, 0.4) is 0 Å². The molecule has 64 valence electrons. The summed E-state index contributed by atoms with van der Waals surface area (Å²) in [5, 5.41) is 9.37. The van der Waals surface area contributed by atoms with Gasteiger partial charge in [-0.1, -0.05) is 6.92 Å². The number of hydrogen-bond donors (Lipinski definition) is 1. The third-order valence-electron chi connectivity index (χ3n) is 1.71. The van der Waals surface area contributed by atoms with Crippen molar-refractivity contribution in [1.29, 1.82) is 0 Å².